The second-order valence-corrected chi connectivity index (χ2v) is 6.39. The van der Waals surface area contributed by atoms with Crippen LogP contribution >= 0.6 is 11.8 Å². The molecule has 1 aromatic carbocycles. The third kappa shape index (κ3) is 4.05. The molecule has 24 heavy (non-hydrogen) atoms. The molecule has 0 atom stereocenters. The Morgan fingerprint density at radius 3 is 2.79 bits per heavy atom. The van der Waals surface area contributed by atoms with Crippen LogP contribution < -0.4 is 0 Å². The topological polar surface area (TPSA) is 75.0 Å². The van der Waals surface area contributed by atoms with E-state index in [-0.39, 0.29) is 11.7 Å². The predicted molar refractivity (Wildman–Crippen MR) is 92.5 cm³/mol. The fourth-order valence-electron chi connectivity index (χ4n) is 2.11. The van der Waals surface area contributed by atoms with E-state index in [1.165, 1.54) is 17.3 Å². The fourth-order valence-corrected chi connectivity index (χ4v) is 2.85. The standard InChI is InChI=1S/C17H18N4O2S/c1-12-5-7-13(8-6-12)16-18-17(20-19-16)24-11-15(22)21(2)10-14-4-3-9-23-14/h3-9H,10-11H2,1-2H3,(H,18,19,20). The van der Waals surface area contributed by atoms with Gasteiger partial charge in [0.15, 0.2) is 5.82 Å². The van der Waals surface area contributed by atoms with Crippen molar-refractivity contribution >= 4 is 17.7 Å². The van der Waals surface area contributed by atoms with Crippen LogP contribution in [0.25, 0.3) is 11.4 Å². The SMILES string of the molecule is Cc1ccc(-c2nc(SCC(=O)N(C)Cc3ccco3)n[nH]2)cc1. The highest BCUT2D eigenvalue weighted by Crippen LogP contribution is 2.20. The first-order valence-corrected chi connectivity index (χ1v) is 8.49. The van der Waals surface area contributed by atoms with Gasteiger partial charge in [-0.05, 0) is 19.1 Å². The Bertz CT molecular complexity index is 796. The van der Waals surface area contributed by atoms with Gasteiger partial charge in [0, 0.05) is 12.6 Å². The Hall–Kier alpha value is -2.54. The molecule has 0 saturated heterocycles. The van der Waals surface area contributed by atoms with Crippen LogP contribution in [0.15, 0.2) is 52.2 Å². The lowest BCUT2D eigenvalue weighted by molar-refractivity contribution is -0.127. The minimum atomic E-state index is -0.00177. The number of nitrogens with one attached hydrogen (secondary N) is 1. The molecular formula is C17H18N4O2S. The zero-order valence-electron chi connectivity index (χ0n) is 13.5. The maximum Gasteiger partial charge on any atom is 0.233 e. The highest BCUT2D eigenvalue weighted by atomic mass is 32.2. The van der Waals surface area contributed by atoms with Crippen molar-refractivity contribution in [3.05, 3.63) is 54.0 Å². The third-order valence-corrected chi connectivity index (χ3v) is 4.35. The van der Waals surface area contributed by atoms with Gasteiger partial charge in [-0.1, -0.05) is 41.6 Å². The van der Waals surface area contributed by atoms with Crippen LogP contribution in [0.2, 0.25) is 0 Å². The van der Waals surface area contributed by atoms with E-state index in [1.807, 2.05) is 43.3 Å². The number of rotatable bonds is 6. The van der Waals surface area contributed by atoms with Gasteiger partial charge in [-0.2, -0.15) is 0 Å². The van der Waals surface area contributed by atoms with E-state index < -0.39 is 0 Å². The average molecular weight is 342 g/mol. The van der Waals surface area contributed by atoms with Crippen molar-refractivity contribution in [2.24, 2.45) is 0 Å². The number of aromatic amines is 1. The lowest BCUT2D eigenvalue weighted by Crippen LogP contribution is -2.27. The van der Waals surface area contributed by atoms with Crippen LogP contribution in [0.4, 0.5) is 0 Å². The molecule has 0 fully saturated rings. The van der Waals surface area contributed by atoms with E-state index >= 15 is 0 Å². The molecule has 2 aromatic heterocycles. The van der Waals surface area contributed by atoms with E-state index in [2.05, 4.69) is 15.2 Å². The molecule has 0 saturated carbocycles. The van der Waals surface area contributed by atoms with Crippen molar-refractivity contribution in [1.82, 2.24) is 20.1 Å². The number of thioether (sulfide) groups is 1. The van der Waals surface area contributed by atoms with Crippen LogP contribution in [0.5, 0.6) is 0 Å². The number of carbonyl (C=O) groups is 1. The number of hydrogen-bond donors (Lipinski definition) is 1. The second kappa shape index (κ2) is 7.35. The van der Waals surface area contributed by atoms with Crippen LogP contribution in [-0.2, 0) is 11.3 Å². The molecule has 0 aliphatic heterocycles. The number of amides is 1. The summed E-state index contributed by atoms with van der Waals surface area (Å²) in [6.07, 6.45) is 1.60. The molecular weight excluding hydrogens is 324 g/mol. The van der Waals surface area contributed by atoms with Gasteiger partial charge in [-0.15, -0.1) is 5.10 Å². The molecule has 6 nitrogen and oxygen atoms in total. The first kappa shape index (κ1) is 16.3. The molecule has 3 aromatic rings. The minimum Gasteiger partial charge on any atom is -0.467 e. The van der Waals surface area contributed by atoms with Gasteiger partial charge in [0.25, 0.3) is 0 Å². The Balaban J connectivity index is 1.55. The van der Waals surface area contributed by atoms with Crippen molar-refractivity contribution in [2.75, 3.05) is 12.8 Å². The van der Waals surface area contributed by atoms with E-state index in [1.54, 1.807) is 18.2 Å². The highest BCUT2D eigenvalue weighted by Gasteiger charge is 2.13. The summed E-state index contributed by atoms with van der Waals surface area (Å²) < 4.78 is 5.25. The molecule has 2 heterocycles. The van der Waals surface area contributed by atoms with E-state index in [4.69, 9.17) is 4.42 Å². The van der Waals surface area contributed by atoms with Crippen molar-refractivity contribution in [2.45, 2.75) is 18.6 Å². The maximum absolute atomic E-state index is 12.2. The van der Waals surface area contributed by atoms with E-state index in [0.717, 1.165) is 11.3 Å². The first-order chi connectivity index (χ1) is 11.6. The van der Waals surface area contributed by atoms with Gasteiger partial charge in [-0.3, -0.25) is 9.89 Å². The molecule has 0 aliphatic carbocycles. The summed E-state index contributed by atoms with van der Waals surface area (Å²) in [5.41, 5.74) is 2.17. The summed E-state index contributed by atoms with van der Waals surface area (Å²) in [7, 11) is 1.75. The van der Waals surface area contributed by atoms with Gasteiger partial charge >= 0.3 is 0 Å². The molecule has 0 radical (unpaired) electrons. The van der Waals surface area contributed by atoms with Gasteiger partial charge in [0.2, 0.25) is 11.1 Å². The summed E-state index contributed by atoms with van der Waals surface area (Å²) in [4.78, 5) is 18.2. The monoisotopic (exact) mass is 342 g/mol. The summed E-state index contributed by atoms with van der Waals surface area (Å²) in [5, 5.41) is 7.63. The summed E-state index contributed by atoms with van der Waals surface area (Å²) >= 11 is 1.31. The number of benzene rings is 1. The van der Waals surface area contributed by atoms with Crippen molar-refractivity contribution in [1.29, 1.82) is 0 Å². The Morgan fingerprint density at radius 1 is 1.29 bits per heavy atom. The fraction of sp³-hybridized carbons (Fsp3) is 0.235. The molecule has 0 unspecified atom stereocenters. The lowest BCUT2D eigenvalue weighted by atomic mass is 10.1. The number of aromatic nitrogens is 3. The number of hydrogen-bond acceptors (Lipinski definition) is 5. The smallest absolute Gasteiger partial charge is 0.233 e. The van der Waals surface area contributed by atoms with Crippen molar-refractivity contribution in [3.8, 4) is 11.4 Å². The van der Waals surface area contributed by atoms with Crippen LogP contribution in [0.1, 0.15) is 11.3 Å². The molecule has 3 rings (SSSR count). The summed E-state index contributed by atoms with van der Waals surface area (Å²) in [5.74, 6) is 1.74. The third-order valence-electron chi connectivity index (χ3n) is 3.51. The number of furan rings is 1. The molecule has 1 N–H and O–H groups in total. The molecule has 0 bridgehead atoms. The summed E-state index contributed by atoms with van der Waals surface area (Å²) in [6, 6.07) is 11.7. The first-order valence-electron chi connectivity index (χ1n) is 7.50. The van der Waals surface area contributed by atoms with Crippen LogP contribution in [0, 0.1) is 6.92 Å². The van der Waals surface area contributed by atoms with Gasteiger partial charge in [0.1, 0.15) is 5.76 Å². The van der Waals surface area contributed by atoms with E-state index in [9.17, 15) is 4.79 Å². The normalized spacial score (nSPS) is 10.8. The minimum absolute atomic E-state index is 0.00177. The Kier molecular flexibility index (Phi) is 5.00. The van der Waals surface area contributed by atoms with Crippen LogP contribution in [-0.4, -0.2) is 38.8 Å². The highest BCUT2D eigenvalue weighted by molar-refractivity contribution is 7.99. The number of aryl methyl sites for hydroxylation is 1. The number of carbonyl (C=O) groups excluding carboxylic acids is 1. The molecule has 7 heteroatoms. The number of nitrogens with zero attached hydrogens (tertiary/aromatic N) is 3. The number of H-pyrrole nitrogens is 1. The van der Waals surface area contributed by atoms with Crippen molar-refractivity contribution in [3.63, 3.8) is 0 Å². The van der Waals surface area contributed by atoms with Gasteiger partial charge in [0.05, 0.1) is 18.6 Å². The largest absolute Gasteiger partial charge is 0.467 e. The zero-order chi connectivity index (χ0) is 16.9. The molecule has 1 amide bonds. The average Bonchev–Trinajstić information content (AvgIpc) is 3.25. The van der Waals surface area contributed by atoms with Crippen molar-refractivity contribution < 1.29 is 9.21 Å². The lowest BCUT2D eigenvalue weighted by Gasteiger charge is -2.14. The molecule has 0 spiro atoms. The maximum atomic E-state index is 12.2. The van der Waals surface area contributed by atoms with Gasteiger partial charge < -0.3 is 9.32 Å². The van der Waals surface area contributed by atoms with Crippen LogP contribution in [0.3, 0.4) is 0 Å². The second-order valence-electron chi connectivity index (χ2n) is 5.45. The predicted octanol–water partition coefficient (Wildman–Crippen LogP) is 3.12. The van der Waals surface area contributed by atoms with E-state index in [0.29, 0.717) is 17.5 Å². The Morgan fingerprint density at radius 2 is 2.08 bits per heavy atom. The quantitative estimate of drug-likeness (QED) is 0.697. The summed E-state index contributed by atoms with van der Waals surface area (Å²) in [6.45, 7) is 2.49. The van der Waals surface area contributed by atoms with Gasteiger partial charge in [-0.25, -0.2) is 4.98 Å². The molecule has 124 valence electrons. The molecule has 0 aliphatic rings. The zero-order valence-corrected chi connectivity index (χ0v) is 14.3. The Labute approximate surface area is 144 Å².